The Labute approximate surface area is 255 Å². The van der Waals surface area contributed by atoms with Gasteiger partial charge in [0.1, 0.15) is 0 Å². The third-order valence-electron chi connectivity index (χ3n) is 6.87. The van der Waals surface area contributed by atoms with Crippen molar-refractivity contribution < 1.29 is 26.6 Å². The summed E-state index contributed by atoms with van der Waals surface area (Å²) >= 11 is 0. The van der Waals surface area contributed by atoms with Gasteiger partial charge in [0.25, 0.3) is 0 Å². The Hall–Kier alpha value is -1.59. The van der Waals surface area contributed by atoms with Crippen LogP contribution in [0.1, 0.15) is 90.4 Å². The predicted molar refractivity (Wildman–Crippen MR) is 171 cm³/mol. The fraction of sp³-hybridized carbons (Fsp3) is 0.667. The molecule has 4 N–H and O–H groups in total. The van der Waals surface area contributed by atoms with Crippen LogP contribution in [0, 0.1) is 0 Å². The van der Waals surface area contributed by atoms with E-state index in [0.29, 0.717) is 39.6 Å². The molecule has 2 rings (SSSR count). The molecule has 2 aromatic rings. The zero-order valence-electron chi connectivity index (χ0n) is 26.6. The molecule has 0 bridgehead atoms. The van der Waals surface area contributed by atoms with Crippen molar-refractivity contribution in [2.24, 2.45) is 11.5 Å². The number of rotatable bonds is 23. The average molecular weight is 623 g/mol. The lowest BCUT2D eigenvalue weighted by atomic mass is 10.0. The Balaban J connectivity index is 2.05. The second-order valence-corrected chi connectivity index (χ2v) is 15.4. The van der Waals surface area contributed by atoms with Gasteiger partial charge in [-0.05, 0) is 103 Å². The fourth-order valence-corrected chi connectivity index (χ4v) is 10.3. The Bertz CT molecular complexity index is 908. The molecule has 0 aliphatic heterocycles. The number of aromatic nitrogens is 2. The molecular weight excluding hydrogens is 569 g/mol. The summed E-state index contributed by atoms with van der Waals surface area (Å²) in [6, 6.07) is 9.14. The van der Waals surface area contributed by atoms with Crippen LogP contribution >= 0.6 is 0 Å². The Morgan fingerprint density at radius 2 is 0.881 bits per heavy atom. The van der Waals surface area contributed by atoms with E-state index in [1.807, 2.05) is 65.8 Å². The highest BCUT2D eigenvalue weighted by atomic mass is 28.4. The summed E-state index contributed by atoms with van der Waals surface area (Å²) in [6.45, 7) is 15.2. The third-order valence-corrected chi connectivity index (χ3v) is 13.2. The molecule has 42 heavy (non-hydrogen) atoms. The van der Waals surface area contributed by atoms with Crippen LogP contribution in [0.2, 0.25) is 12.1 Å². The van der Waals surface area contributed by atoms with Crippen LogP contribution in [0.4, 0.5) is 0 Å². The summed E-state index contributed by atoms with van der Waals surface area (Å²) in [5.74, 6) is 0. The van der Waals surface area contributed by atoms with Crippen molar-refractivity contribution in [1.29, 1.82) is 0 Å². The van der Waals surface area contributed by atoms with Crippen LogP contribution in [0.15, 0.2) is 36.7 Å². The first kappa shape index (κ1) is 36.6. The van der Waals surface area contributed by atoms with Gasteiger partial charge in [-0.3, -0.25) is 9.97 Å². The van der Waals surface area contributed by atoms with E-state index in [0.717, 1.165) is 60.3 Å². The van der Waals surface area contributed by atoms with Gasteiger partial charge in [-0.2, -0.15) is 0 Å². The average Bonchev–Trinajstić information content (AvgIpc) is 2.98. The minimum atomic E-state index is -2.69. The second kappa shape index (κ2) is 19.6. The highest BCUT2D eigenvalue weighted by Gasteiger charge is 2.40. The fourth-order valence-electron chi connectivity index (χ4n) is 5.05. The molecule has 0 aromatic carbocycles. The number of nitrogens with zero attached hydrogens (tertiary/aromatic N) is 2. The molecule has 0 saturated carbocycles. The van der Waals surface area contributed by atoms with Gasteiger partial charge in [-0.1, -0.05) is 0 Å². The van der Waals surface area contributed by atoms with Crippen LogP contribution in [-0.2, 0) is 26.6 Å². The second-order valence-electron chi connectivity index (χ2n) is 9.91. The van der Waals surface area contributed by atoms with E-state index in [1.54, 1.807) is 12.4 Å². The minimum Gasteiger partial charge on any atom is -0.374 e. The molecule has 12 heteroatoms. The molecule has 238 valence electrons. The molecule has 0 fully saturated rings. The normalized spacial score (nSPS) is 13.8. The highest BCUT2D eigenvalue weighted by Crippen LogP contribution is 2.28. The monoisotopic (exact) mass is 622 g/mol. The maximum absolute atomic E-state index is 6.62. The first-order chi connectivity index (χ1) is 20.3. The lowest BCUT2D eigenvalue weighted by Crippen LogP contribution is -2.46. The van der Waals surface area contributed by atoms with Crippen molar-refractivity contribution in [2.75, 3.05) is 39.6 Å². The van der Waals surface area contributed by atoms with Gasteiger partial charge in [0.15, 0.2) is 0 Å². The lowest BCUT2D eigenvalue weighted by Gasteiger charge is -2.28. The molecule has 2 atom stereocenters. The first-order valence-corrected chi connectivity index (χ1v) is 19.4. The van der Waals surface area contributed by atoms with Gasteiger partial charge >= 0.3 is 17.6 Å². The van der Waals surface area contributed by atoms with Crippen molar-refractivity contribution in [3.8, 4) is 11.4 Å². The van der Waals surface area contributed by atoms with Crippen molar-refractivity contribution in [3.63, 3.8) is 0 Å². The Morgan fingerprint density at radius 1 is 0.571 bits per heavy atom. The van der Waals surface area contributed by atoms with Gasteiger partial charge < -0.3 is 38.0 Å². The van der Waals surface area contributed by atoms with E-state index in [4.69, 9.17) is 38.0 Å². The smallest absolute Gasteiger partial charge is 0.374 e. The van der Waals surface area contributed by atoms with E-state index < -0.39 is 17.6 Å². The van der Waals surface area contributed by atoms with Gasteiger partial charge in [-0.25, -0.2) is 0 Å². The predicted octanol–water partition coefficient (Wildman–Crippen LogP) is 5.80. The van der Waals surface area contributed by atoms with Crippen molar-refractivity contribution in [2.45, 2.75) is 91.4 Å². The quantitative estimate of drug-likeness (QED) is 0.147. The van der Waals surface area contributed by atoms with Crippen LogP contribution < -0.4 is 11.5 Å². The van der Waals surface area contributed by atoms with Crippen LogP contribution in [0.5, 0.6) is 0 Å². The van der Waals surface area contributed by atoms with E-state index in [2.05, 4.69) is 9.97 Å². The number of hydrogen-bond donors (Lipinski definition) is 2. The molecule has 10 nitrogen and oxygen atoms in total. The van der Waals surface area contributed by atoms with Gasteiger partial charge in [0, 0.05) is 76.2 Å². The lowest BCUT2D eigenvalue weighted by molar-refractivity contribution is 0.0697. The number of nitrogens with two attached hydrogens (primary N) is 2. The molecule has 2 heterocycles. The molecule has 0 amide bonds. The zero-order chi connectivity index (χ0) is 30.8. The molecule has 2 unspecified atom stereocenters. The van der Waals surface area contributed by atoms with Crippen LogP contribution in [0.25, 0.3) is 11.4 Å². The summed E-state index contributed by atoms with van der Waals surface area (Å²) in [5.41, 5.74) is 16.8. The van der Waals surface area contributed by atoms with Gasteiger partial charge in [0.05, 0.1) is 11.4 Å². The van der Waals surface area contributed by atoms with E-state index >= 15 is 0 Å². The van der Waals surface area contributed by atoms with Crippen molar-refractivity contribution in [1.82, 2.24) is 9.97 Å². The molecule has 0 spiro atoms. The van der Waals surface area contributed by atoms with E-state index in [9.17, 15) is 0 Å². The SMILES string of the molecule is CCO[Si](CCCC(N)c1ccnc(-c2cc(C(N)CCC[Si](OCC)(OCC)OCC)ccn2)c1)(OCC)OCC. The largest absolute Gasteiger partial charge is 0.500 e. The first-order valence-electron chi connectivity index (χ1n) is 15.6. The molecular formula is C30H54N4O6Si2. The Kier molecular flexibility index (Phi) is 17.1. The molecule has 0 saturated heterocycles. The van der Waals surface area contributed by atoms with Gasteiger partial charge in [-0.15, -0.1) is 0 Å². The minimum absolute atomic E-state index is 0.153. The van der Waals surface area contributed by atoms with Gasteiger partial charge in [0.2, 0.25) is 0 Å². The van der Waals surface area contributed by atoms with Crippen molar-refractivity contribution >= 4 is 17.6 Å². The molecule has 0 aliphatic rings. The van der Waals surface area contributed by atoms with E-state index in [1.165, 1.54) is 0 Å². The summed E-state index contributed by atoms with van der Waals surface area (Å²) in [4.78, 5) is 9.17. The highest BCUT2D eigenvalue weighted by molar-refractivity contribution is 6.61. The standard InChI is InChI=1S/C30H54N4O6Si2/c1-7-35-41(36-8-2,37-9-3)21-13-15-27(31)25-17-19-33-29(23-25)30-24-26(18-20-34-30)28(32)16-14-22-42(38-10-4,39-11-5)40-12-6/h17-20,23-24,27-28H,7-16,21-22,31-32H2,1-6H3. The van der Waals surface area contributed by atoms with Crippen LogP contribution in [-0.4, -0.2) is 67.2 Å². The van der Waals surface area contributed by atoms with E-state index in [-0.39, 0.29) is 12.1 Å². The molecule has 2 aromatic heterocycles. The van der Waals surface area contributed by atoms with Crippen molar-refractivity contribution in [3.05, 3.63) is 47.8 Å². The summed E-state index contributed by atoms with van der Waals surface area (Å²) in [6.07, 6.45) is 6.82. The number of pyridine rings is 2. The molecule has 0 aliphatic carbocycles. The maximum atomic E-state index is 6.62. The maximum Gasteiger partial charge on any atom is 0.500 e. The topological polar surface area (TPSA) is 133 Å². The Morgan fingerprint density at radius 3 is 1.17 bits per heavy atom. The summed E-state index contributed by atoms with van der Waals surface area (Å²) in [5, 5.41) is 0. The number of hydrogen-bond acceptors (Lipinski definition) is 10. The summed E-state index contributed by atoms with van der Waals surface area (Å²) in [7, 11) is -5.37. The summed E-state index contributed by atoms with van der Waals surface area (Å²) < 4.78 is 35.9. The van der Waals surface area contributed by atoms with Crippen LogP contribution in [0.3, 0.4) is 0 Å². The third kappa shape index (κ3) is 11.5. The zero-order valence-corrected chi connectivity index (χ0v) is 28.6. The molecule has 0 radical (unpaired) electrons.